The SMILES string of the molecule is CN=C(NCC1CCN(S(=O)(=O)C(F)(F)F)CC1)NCC(C)N(C)c1ccccc1. The highest BCUT2D eigenvalue weighted by Crippen LogP contribution is 2.30. The van der Waals surface area contributed by atoms with Gasteiger partial charge in [-0.1, -0.05) is 18.2 Å². The maximum absolute atomic E-state index is 12.7. The highest BCUT2D eigenvalue weighted by molar-refractivity contribution is 7.90. The van der Waals surface area contributed by atoms with E-state index in [1.165, 1.54) is 0 Å². The largest absolute Gasteiger partial charge is 0.511 e. The second-order valence-corrected chi connectivity index (χ2v) is 9.35. The van der Waals surface area contributed by atoms with Gasteiger partial charge in [0.1, 0.15) is 0 Å². The van der Waals surface area contributed by atoms with Gasteiger partial charge < -0.3 is 15.5 Å². The monoisotopic (exact) mass is 449 g/mol. The Morgan fingerprint density at radius 2 is 1.83 bits per heavy atom. The molecule has 7 nitrogen and oxygen atoms in total. The van der Waals surface area contributed by atoms with Crippen LogP contribution in [0.4, 0.5) is 18.9 Å². The number of benzene rings is 1. The van der Waals surface area contributed by atoms with Gasteiger partial charge in [0.05, 0.1) is 0 Å². The zero-order chi connectivity index (χ0) is 22.4. The van der Waals surface area contributed by atoms with Crippen LogP contribution in [0.15, 0.2) is 35.3 Å². The maximum atomic E-state index is 12.7. The second-order valence-electron chi connectivity index (χ2n) is 7.42. The van der Waals surface area contributed by atoms with Crippen LogP contribution in [0, 0.1) is 5.92 Å². The van der Waals surface area contributed by atoms with Crippen LogP contribution in [0.25, 0.3) is 0 Å². The lowest BCUT2D eigenvalue weighted by Crippen LogP contribution is -2.48. The average molecular weight is 450 g/mol. The van der Waals surface area contributed by atoms with E-state index in [4.69, 9.17) is 0 Å². The van der Waals surface area contributed by atoms with Crippen molar-refractivity contribution in [3.63, 3.8) is 0 Å². The van der Waals surface area contributed by atoms with Crippen LogP contribution < -0.4 is 15.5 Å². The lowest BCUT2D eigenvalue weighted by Gasteiger charge is -2.32. The van der Waals surface area contributed by atoms with Gasteiger partial charge in [-0.2, -0.15) is 17.5 Å². The Labute approximate surface area is 176 Å². The number of alkyl halides is 3. The number of piperidine rings is 1. The van der Waals surface area contributed by atoms with Gasteiger partial charge in [0.2, 0.25) is 0 Å². The summed E-state index contributed by atoms with van der Waals surface area (Å²) in [6.45, 7) is 3.00. The van der Waals surface area contributed by atoms with Crippen LogP contribution in [0.2, 0.25) is 0 Å². The van der Waals surface area contributed by atoms with Gasteiger partial charge in [0, 0.05) is 52.0 Å². The first-order valence-electron chi connectivity index (χ1n) is 9.85. The standard InChI is InChI=1S/C19H30F3N5O2S/c1-15(26(3)17-7-5-4-6-8-17)13-24-18(23-2)25-14-16-9-11-27(12-10-16)30(28,29)19(20,21)22/h4-8,15-16H,9-14H2,1-3H3,(H2,23,24,25). The molecule has 0 saturated carbocycles. The molecule has 0 radical (unpaired) electrons. The van der Waals surface area contributed by atoms with Crippen LogP contribution in [-0.2, 0) is 10.0 Å². The highest BCUT2D eigenvalue weighted by atomic mass is 32.2. The molecular formula is C19H30F3N5O2S. The van der Waals surface area contributed by atoms with Crippen molar-refractivity contribution in [2.75, 3.05) is 45.2 Å². The molecule has 2 rings (SSSR count). The van der Waals surface area contributed by atoms with E-state index < -0.39 is 15.5 Å². The number of halogens is 3. The summed E-state index contributed by atoms with van der Waals surface area (Å²) in [5.74, 6) is 0.682. The van der Waals surface area contributed by atoms with Crippen molar-refractivity contribution < 1.29 is 21.6 Å². The van der Waals surface area contributed by atoms with Gasteiger partial charge in [-0.05, 0) is 37.8 Å². The van der Waals surface area contributed by atoms with Crippen molar-refractivity contribution in [3.8, 4) is 0 Å². The topological polar surface area (TPSA) is 77.0 Å². The quantitative estimate of drug-likeness (QED) is 0.493. The van der Waals surface area contributed by atoms with Crippen molar-refractivity contribution in [2.24, 2.45) is 10.9 Å². The lowest BCUT2D eigenvalue weighted by atomic mass is 9.98. The number of likely N-dealkylation sites (N-methyl/N-ethyl adjacent to an activating group) is 1. The summed E-state index contributed by atoms with van der Waals surface area (Å²) >= 11 is 0. The van der Waals surface area contributed by atoms with Crippen LogP contribution in [0.1, 0.15) is 19.8 Å². The summed E-state index contributed by atoms with van der Waals surface area (Å²) in [4.78, 5) is 6.33. The predicted octanol–water partition coefficient (Wildman–Crippen LogP) is 2.24. The molecule has 1 aliphatic heterocycles. The number of aliphatic imine (C=N–C) groups is 1. The molecule has 1 aliphatic rings. The Bertz CT molecular complexity index is 794. The number of hydrogen-bond acceptors (Lipinski definition) is 4. The molecule has 1 unspecified atom stereocenters. The summed E-state index contributed by atoms with van der Waals surface area (Å²) in [5.41, 5.74) is -4.14. The van der Waals surface area contributed by atoms with Gasteiger partial charge in [0.15, 0.2) is 5.96 Å². The maximum Gasteiger partial charge on any atom is 0.511 e. The van der Waals surface area contributed by atoms with E-state index in [1.807, 2.05) is 37.4 Å². The van der Waals surface area contributed by atoms with E-state index in [1.54, 1.807) is 7.05 Å². The third-order valence-electron chi connectivity index (χ3n) is 5.38. The Morgan fingerprint density at radius 3 is 2.37 bits per heavy atom. The summed E-state index contributed by atoms with van der Waals surface area (Å²) in [6.07, 6.45) is 0.735. The summed E-state index contributed by atoms with van der Waals surface area (Å²) in [6, 6.07) is 10.2. The van der Waals surface area contributed by atoms with Gasteiger partial charge >= 0.3 is 15.5 Å². The van der Waals surface area contributed by atoms with E-state index in [2.05, 4.69) is 27.4 Å². The van der Waals surface area contributed by atoms with Crippen molar-refractivity contribution in [3.05, 3.63) is 30.3 Å². The number of nitrogens with one attached hydrogen (secondary N) is 2. The molecule has 1 atom stereocenters. The number of sulfonamides is 1. The van der Waals surface area contributed by atoms with E-state index in [9.17, 15) is 21.6 Å². The van der Waals surface area contributed by atoms with Gasteiger partial charge in [-0.25, -0.2) is 8.42 Å². The van der Waals surface area contributed by atoms with Crippen LogP contribution >= 0.6 is 0 Å². The molecule has 0 aromatic heterocycles. The number of guanidine groups is 1. The first kappa shape index (κ1) is 24.3. The van der Waals surface area contributed by atoms with Crippen LogP contribution in [0.3, 0.4) is 0 Å². The van der Waals surface area contributed by atoms with Crippen LogP contribution in [-0.4, -0.2) is 70.5 Å². The Kier molecular flexibility index (Phi) is 8.36. The Morgan fingerprint density at radius 1 is 1.23 bits per heavy atom. The smallest absolute Gasteiger partial charge is 0.370 e. The van der Waals surface area contributed by atoms with Crippen molar-refractivity contribution >= 4 is 21.7 Å². The minimum atomic E-state index is -5.24. The molecule has 11 heteroatoms. The Hall–Kier alpha value is -2.01. The van der Waals surface area contributed by atoms with Crippen molar-refractivity contribution in [2.45, 2.75) is 31.3 Å². The number of anilines is 1. The first-order chi connectivity index (χ1) is 14.1. The molecule has 0 spiro atoms. The predicted molar refractivity (Wildman–Crippen MR) is 113 cm³/mol. The minimum Gasteiger partial charge on any atom is -0.370 e. The molecule has 1 saturated heterocycles. The Balaban J connectivity index is 1.76. The minimum absolute atomic E-state index is 0.0765. The normalized spacial score (nSPS) is 18.1. The number of para-hydroxylation sites is 1. The summed E-state index contributed by atoms with van der Waals surface area (Å²) in [5, 5.41) is 6.44. The molecule has 1 fully saturated rings. The average Bonchev–Trinajstić information content (AvgIpc) is 2.73. The third kappa shape index (κ3) is 6.24. The molecule has 30 heavy (non-hydrogen) atoms. The van der Waals surface area contributed by atoms with Gasteiger partial charge in [-0.15, -0.1) is 0 Å². The van der Waals surface area contributed by atoms with Gasteiger partial charge in [-0.3, -0.25) is 4.99 Å². The van der Waals surface area contributed by atoms with Gasteiger partial charge in [0.25, 0.3) is 0 Å². The third-order valence-corrected chi connectivity index (χ3v) is 7.01. The van der Waals surface area contributed by atoms with E-state index in [0.717, 1.165) is 5.69 Å². The number of nitrogens with zero attached hydrogens (tertiary/aromatic N) is 3. The van der Waals surface area contributed by atoms with Crippen molar-refractivity contribution in [1.82, 2.24) is 14.9 Å². The molecule has 0 amide bonds. The molecule has 0 aliphatic carbocycles. The fourth-order valence-corrected chi connectivity index (χ4v) is 4.24. The molecule has 1 heterocycles. The summed E-state index contributed by atoms with van der Waals surface area (Å²) in [7, 11) is -1.57. The van der Waals surface area contributed by atoms with Crippen molar-refractivity contribution in [1.29, 1.82) is 0 Å². The zero-order valence-electron chi connectivity index (χ0n) is 17.5. The zero-order valence-corrected chi connectivity index (χ0v) is 18.3. The molecular weight excluding hydrogens is 419 g/mol. The fraction of sp³-hybridized carbons (Fsp3) is 0.632. The molecule has 170 valence electrons. The second kappa shape index (κ2) is 10.3. The van der Waals surface area contributed by atoms with E-state index in [-0.39, 0.29) is 25.0 Å². The molecule has 1 aromatic rings. The summed E-state index contributed by atoms with van der Waals surface area (Å²) < 4.78 is 61.5. The van der Waals surface area contributed by atoms with E-state index >= 15 is 0 Å². The lowest BCUT2D eigenvalue weighted by molar-refractivity contribution is -0.0496. The van der Waals surface area contributed by atoms with E-state index in [0.29, 0.717) is 36.2 Å². The van der Waals surface area contributed by atoms with Crippen LogP contribution in [0.5, 0.6) is 0 Å². The molecule has 2 N–H and O–H groups in total. The molecule has 0 bridgehead atoms. The highest BCUT2D eigenvalue weighted by Gasteiger charge is 2.50. The number of rotatable bonds is 7. The molecule has 1 aromatic carbocycles. The number of hydrogen-bond donors (Lipinski definition) is 2. The first-order valence-corrected chi connectivity index (χ1v) is 11.3. The fourth-order valence-electron chi connectivity index (χ4n) is 3.26.